The van der Waals surface area contributed by atoms with E-state index in [1.165, 1.54) is 57.8 Å². The maximum atomic E-state index is 12.3. The average molecular weight is 560 g/mol. The fraction of sp³-hybridized carbons (Fsp3) is 0.931. The predicted octanol–water partition coefficient (Wildman–Crippen LogP) is 4.57. The second kappa shape index (κ2) is 21.4. The molecule has 1 atom stereocenters. The van der Waals surface area contributed by atoms with Crippen LogP contribution in [0.2, 0.25) is 0 Å². The Morgan fingerprint density at radius 2 is 1.28 bits per heavy atom. The summed E-state index contributed by atoms with van der Waals surface area (Å²) in [5.41, 5.74) is -1.69. The van der Waals surface area contributed by atoms with E-state index in [4.69, 9.17) is 23.7 Å². The average Bonchev–Trinajstić information content (AvgIpc) is 3.12. The number of nitrogens with one attached hydrogen (secondary N) is 1. The van der Waals surface area contributed by atoms with Crippen LogP contribution >= 0.6 is 0 Å². The second-order valence-electron chi connectivity index (χ2n) is 11.1. The van der Waals surface area contributed by atoms with Gasteiger partial charge in [-0.25, -0.2) is 0 Å². The predicted molar refractivity (Wildman–Crippen MR) is 148 cm³/mol. The van der Waals surface area contributed by atoms with Gasteiger partial charge in [0.2, 0.25) is 5.91 Å². The summed E-state index contributed by atoms with van der Waals surface area (Å²) in [4.78, 5) is 23.7. The number of esters is 1. The van der Waals surface area contributed by atoms with E-state index < -0.39 is 11.3 Å². The van der Waals surface area contributed by atoms with E-state index in [1.807, 2.05) is 0 Å². The lowest BCUT2D eigenvalue weighted by Gasteiger charge is -2.32. The molecule has 0 aromatic heterocycles. The highest BCUT2D eigenvalue weighted by Crippen LogP contribution is 2.32. The summed E-state index contributed by atoms with van der Waals surface area (Å²) in [5.74, 6) is -0.481. The van der Waals surface area contributed by atoms with Gasteiger partial charge in [-0.05, 0) is 27.2 Å². The third-order valence-corrected chi connectivity index (χ3v) is 6.78. The molecule has 1 amide bonds. The zero-order valence-corrected chi connectivity index (χ0v) is 25.1. The maximum absolute atomic E-state index is 12.3. The monoisotopic (exact) mass is 559 g/mol. The summed E-state index contributed by atoms with van der Waals surface area (Å²) < 4.78 is 26.9. The number of hydrogen-bond donors (Lipinski definition) is 1. The molecule has 0 spiro atoms. The molecule has 1 rings (SSSR count). The van der Waals surface area contributed by atoms with Crippen LogP contribution in [0, 0.1) is 0 Å². The third-order valence-electron chi connectivity index (χ3n) is 6.78. The Morgan fingerprint density at radius 1 is 0.769 bits per heavy atom. The zero-order valence-electron chi connectivity index (χ0n) is 25.1. The van der Waals surface area contributed by atoms with Crippen molar-refractivity contribution in [3.63, 3.8) is 0 Å². The normalized spacial score (nSPS) is 18.9. The lowest BCUT2D eigenvalue weighted by Crippen LogP contribution is -2.53. The summed E-state index contributed by atoms with van der Waals surface area (Å²) in [6, 6.07) is 0. The Morgan fingerprint density at radius 3 is 1.82 bits per heavy atom. The maximum Gasteiger partial charge on any atom is 0.305 e. The quantitative estimate of drug-likeness (QED) is 0.128. The number of unbranched alkanes of at least 4 members (excludes halogenated alkanes) is 10. The van der Waals surface area contributed by atoms with Gasteiger partial charge in [0.25, 0.3) is 0 Å². The standard InChI is InChI=1S/C29H55N2O8/c1-5-6-7-8-9-10-11-12-13-14-15-16-27(33)38-22-21-36-18-17-35-19-20-37-23-26(32)30-24-29(4)31(34)28(2,3)25-39-29/h5-25H2,1-4H3,(H,30,32). The number of carbonyl (C=O) groups is 2. The molecule has 0 aliphatic carbocycles. The number of carbonyl (C=O) groups excluding carboxylic acids is 2. The minimum absolute atomic E-state index is 0.0879. The molecule has 10 nitrogen and oxygen atoms in total. The Kier molecular flexibility index (Phi) is 19.6. The van der Waals surface area contributed by atoms with Crippen LogP contribution in [0.25, 0.3) is 0 Å². The molecule has 1 unspecified atom stereocenters. The van der Waals surface area contributed by atoms with Crippen molar-refractivity contribution >= 4 is 11.9 Å². The van der Waals surface area contributed by atoms with Crippen LogP contribution in [0.5, 0.6) is 0 Å². The summed E-state index contributed by atoms with van der Waals surface area (Å²) in [5, 5.41) is 15.9. The first kappa shape index (κ1) is 35.7. The molecule has 0 bridgehead atoms. The van der Waals surface area contributed by atoms with Crippen molar-refractivity contribution in [2.75, 3.05) is 59.4 Å². The molecule has 1 radical (unpaired) electrons. The molecule has 0 aromatic carbocycles. The Labute approximate surface area is 236 Å². The number of amides is 1. The van der Waals surface area contributed by atoms with E-state index >= 15 is 0 Å². The lowest BCUT2D eigenvalue weighted by molar-refractivity contribution is -0.281. The van der Waals surface area contributed by atoms with Crippen LogP contribution in [0.15, 0.2) is 0 Å². The van der Waals surface area contributed by atoms with Gasteiger partial charge in [-0.15, -0.1) is 10.3 Å². The van der Waals surface area contributed by atoms with Gasteiger partial charge in [-0.2, -0.15) is 0 Å². The first-order valence-electron chi connectivity index (χ1n) is 15.0. The Balaban J connectivity index is 1.82. The highest BCUT2D eigenvalue weighted by atomic mass is 16.6. The third kappa shape index (κ3) is 17.2. The number of rotatable bonds is 25. The van der Waals surface area contributed by atoms with Gasteiger partial charge >= 0.3 is 5.97 Å². The van der Waals surface area contributed by atoms with Crippen molar-refractivity contribution in [1.29, 1.82) is 0 Å². The molecule has 1 aliphatic rings. The molecular weight excluding hydrogens is 504 g/mol. The molecule has 0 saturated carbocycles. The summed E-state index contributed by atoms with van der Waals surface area (Å²) in [7, 11) is 0. The van der Waals surface area contributed by atoms with Crippen molar-refractivity contribution in [3.8, 4) is 0 Å². The fourth-order valence-corrected chi connectivity index (χ4v) is 4.35. The van der Waals surface area contributed by atoms with Gasteiger partial charge in [0.1, 0.15) is 13.2 Å². The highest BCUT2D eigenvalue weighted by molar-refractivity contribution is 5.77. The molecule has 0 aromatic rings. The topological polar surface area (TPSA) is 115 Å². The largest absolute Gasteiger partial charge is 0.463 e. The van der Waals surface area contributed by atoms with Gasteiger partial charge in [0.15, 0.2) is 5.72 Å². The van der Waals surface area contributed by atoms with Gasteiger partial charge in [0, 0.05) is 6.42 Å². The molecule has 229 valence electrons. The number of nitrogens with zero attached hydrogens (tertiary/aromatic N) is 1. The van der Waals surface area contributed by atoms with E-state index in [0.29, 0.717) is 39.5 Å². The zero-order chi connectivity index (χ0) is 28.8. The smallest absolute Gasteiger partial charge is 0.305 e. The number of hydrogen-bond acceptors (Lipinski definition) is 8. The van der Waals surface area contributed by atoms with E-state index in [2.05, 4.69) is 12.2 Å². The molecule has 1 N–H and O–H groups in total. The van der Waals surface area contributed by atoms with Crippen molar-refractivity contribution in [2.45, 2.75) is 116 Å². The van der Waals surface area contributed by atoms with Crippen LogP contribution in [-0.2, 0) is 38.5 Å². The first-order valence-corrected chi connectivity index (χ1v) is 15.0. The lowest BCUT2D eigenvalue weighted by atomic mass is 10.1. The number of ether oxygens (including phenoxy) is 5. The van der Waals surface area contributed by atoms with Crippen LogP contribution < -0.4 is 5.32 Å². The van der Waals surface area contributed by atoms with Gasteiger partial charge in [-0.3, -0.25) is 9.59 Å². The fourth-order valence-electron chi connectivity index (χ4n) is 4.35. The van der Waals surface area contributed by atoms with Crippen molar-refractivity contribution < 1.29 is 38.5 Å². The van der Waals surface area contributed by atoms with Crippen molar-refractivity contribution in [3.05, 3.63) is 0 Å². The molecule has 1 heterocycles. The summed E-state index contributed by atoms with van der Waals surface area (Å²) in [6.07, 6.45) is 14.3. The minimum Gasteiger partial charge on any atom is -0.463 e. The van der Waals surface area contributed by atoms with Crippen LogP contribution in [0.3, 0.4) is 0 Å². The molecule has 10 heteroatoms. The van der Waals surface area contributed by atoms with Crippen LogP contribution in [0.1, 0.15) is 105 Å². The highest BCUT2D eigenvalue weighted by Gasteiger charge is 2.50. The Bertz CT molecular complexity index is 649. The summed E-state index contributed by atoms with van der Waals surface area (Å²) in [6.45, 7) is 9.74. The van der Waals surface area contributed by atoms with Crippen LogP contribution in [0.4, 0.5) is 0 Å². The SMILES string of the molecule is CCCCCCCCCCCCCC(=O)OCCOCCOCCOCC(=O)NCC1(C)OCC(C)(C)N1[O]. The Hall–Kier alpha value is -1.30. The minimum atomic E-state index is -1.08. The number of hydroxylamine groups is 2. The molecule has 1 aliphatic heterocycles. The van der Waals surface area contributed by atoms with E-state index in [9.17, 15) is 14.8 Å². The molecule has 1 fully saturated rings. The van der Waals surface area contributed by atoms with Gasteiger partial charge in [0.05, 0.1) is 51.7 Å². The second-order valence-corrected chi connectivity index (χ2v) is 11.1. The van der Waals surface area contributed by atoms with E-state index in [1.54, 1.807) is 20.8 Å². The van der Waals surface area contributed by atoms with E-state index in [0.717, 1.165) is 17.9 Å². The molecule has 1 saturated heterocycles. The van der Waals surface area contributed by atoms with Gasteiger partial charge < -0.3 is 29.0 Å². The van der Waals surface area contributed by atoms with Crippen LogP contribution in [-0.4, -0.2) is 87.6 Å². The first-order chi connectivity index (χ1) is 18.7. The summed E-state index contributed by atoms with van der Waals surface area (Å²) >= 11 is 0. The van der Waals surface area contributed by atoms with Crippen molar-refractivity contribution in [2.24, 2.45) is 0 Å². The van der Waals surface area contributed by atoms with Gasteiger partial charge in [-0.1, -0.05) is 71.1 Å². The molecule has 39 heavy (non-hydrogen) atoms. The van der Waals surface area contributed by atoms with E-state index in [-0.39, 0.29) is 38.2 Å². The van der Waals surface area contributed by atoms with Crippen molar-refractivity contribution in [1.82, 2.24) is 10.4 Å². The molecular formula is C29H55N2O8.